The number of rotatable bonds is 7. The molecule has 6 nitrogen and oxygen atoms in total. The number of thiophene rings is 1. The van der Waals surface area contributed by atoms with Crippen LogP contribution in [-0.4, -0.2) is 28.5 Å². The molecular formula is C17H20N2O4S2. The SMILES string of the molecule is CNS(=O)(=O)c1cc(/C=C/C(=O)NCc2sccc2C)ccc1OC. The molecule has 0 aliphatic heterocycles. The van der Waals surface area contributed by atoms with Crippen LogP contribution in [0.5, 0.6) is 5.75 Å². The monoisotopic (exact) mass is 380 g/mol. The summed E-state index contributed by atoms with van der Waals surface area (Å²) in [7, 11) is -0.922. The van der Waals surface area contributed by atoms with E-state index in [1.165, 1.54) is 26.3 Å². The van der Waals surface area contributed by atoms with Gasteiger partial charge in [-0.2, -0.15) is 0 Å². The van der Waals surface area contributed by atoms with Crippen molar-refractivity contribution in [3.05, 3.63) is 51.7 Å². The molecule has 2 aromatic rings. The molecule has 0 spiro atoms. The molecule has 1 amide bonds. The number of carbonyl (C=O) groups excluding carboxylic acids is 1. The van der Waals surface area contributed by atoms with Gasteiger partial charge in [0.2, 0.25) is 15.9 Å². The van der Waals surface area contributed by atoms with Crippen molar-refractivity contribution >= 4 is 33.3 Å². The molecule has 0 saturated heterocycles. The van der Waals surface area contributed by atoms with Gasteiger partial charge < -0.3 is 10.1 Å². The summed E-state index contributed by atoms with van der Waals surface area (Å²) in [6.07, 6.45) is 2.94. The molecule has 134 valence electrons. The van der Waals surface area contributed by atoms with Crippen molar-refractivity contribution in [2.75, 3.05) is 14.2 Å². The summed E-state index contributed by atoms with van der Waals surface area (Å²) < 4.78 is 31.4. The van der Waals surface area contributed by atoms with Gasteiger partial charge in [-0.1, -0.05) is 6.07 Å². The molecular weight excluding hydrogens is 360 g/mol. The molecule has 1 aromatic heterocycles. The lowest BCUT2D eigenvalue weighted by molar-refractivity contribution is -0.116. The molecule has 1 aromatic carbocycles. The van der Waals surface area contributed by atoms with Crippen molar-refractivity contribution in [3.63, 3.8) is 0 Å². The van der Waals surface area contributed by atoms with E-state index in [1.54, 1.807) is 29.5 Å². The van der Waals surface area contributed by atoms with E-state index in [2.05, 4.69) is 10.0 Å². The van der Waals surface area contributed by atoms with Gasteiger partial charge in [0.25, 0.3) is 0 Å². The number of aryl methyl sites for hydroxylation is 1. The normalized spacial score (nSPS) is 11.6. The minimum atomic E-state index is -3.65. The van der Waals surface area contributed by atoms with Gasteiger partial charge in [0, 0.05) is 11.0 Å². The van der Waals surface area contributed by atoms with E-state index in [1.807, 2.05) is 18.4 Å². The third-order valence-corrected chi connectivity index (χ3v) is 6.02. The van der Waals surface area contributed by atoms with E-state index in [0.29, 0.717) is 12.1 Å². The zero-order chi connectivity index (χ0) is 18.4. The summed E-state index contributed by atoms with van der Waals surface area (Å²) in [6.45, 7) is 2.46. The quantitative estimate of drug-likeness (QED) is 0.722. The van der Waals surface area contributed by atoms with Crippen molar-refractivity contribution in [1.29, 1.82) is 0 Å². The van der Waals surface area contributed by atoms with E-state index in [4.69, 9.17) is 4.74 Å². The van der Waals surface area contributed by atoms with Gasteiger partial charge in [-0.15, -0.1) is 11.3 Å². The van der Waals surface area contributed by atoms with Gasteiger partial charge >= 0.3 is 0 Å². The summed E-state index contributed by atoms with van der Waals surface area (Å²) in [5, 5.41) is 4.78. The first kappa shape index (κ1) is 19.2. The van der Waals surface area contributed by atoms with Crippen molar-refractivity contribution < 1.29 is 17.9 Å². The maximum absolute atomic E-state index is 12.0. The molecule has 25 heavy (non-hydrogen) atoms. The fourth-order valence-corrected chi connectivity index (χ4v) is 3.87. The highest BCUT2D eigenvalue weighted by Crippen LogP contribution is 2.25. The van der Waals surface area contributed by atoms with Crippen LogP contribution in [-0.2, 0) is 21.4 Å². The fourth-order valence-electron chi connectivity index (χ4n) is 2.10. The number of sulfonamides is 1. The van der Waals surface area contributed by atoms with E-state index in [-0.39, 0.29) is 16.6 Å². The molecule has 0 saturated carbocycles. The van der Waals surface area contributed by atoms with Gasteiger partial charge in [-0.05, 0) is 54.8 Å². The summed E-state index contributed by atoms with van der Waals surface area (Å²) in [6, 6.07) is 6.69. The average Bonchev–Trinajstić information content (AvgIpc) is 3.02. The first-order valence-corrected chi connectivity index (χ1v) is 9.84. The van der Waals surface area contributed by atoms with Gasteiger partial charge in [0.1, 0.15) is 10.6 Å². The number of carbonyl (C=O) groups is 1. The standard InChI is InChI=1S/C17H20N2O4S2/c1-12-8-9-24-15(12)11-19-17(20)7-5-13-4-6-14(23-3)16(10-13)25(21,22)18-2/h4-10,18H,11H2,1-3H3,(H,19,20)/b7-5+. The molecule has 0 aliphatic carbocycles. The zero-order valence-electron chi connectivity index (χ0n) is 14.2. The molecule has 0 unspecified atom stereocenters. The first-order valence-electron chi connectivity index (χ1n) is 7.48. The number of methoxy groups -OCH3 is 1. The Morgan fingerprint density at radius 1 is 1.32 bits per heavy atom. The second-order valence-corrected chi connectivity index (χ2v) is 8.05. The summed E-state index contributed by atoms with van der Waals surface area (Å²) in [5.74, 6) is -0.00855. The van der Waals surface area contributed by atoms with Crippen LogP contribution >= 0.6 is 11.3 Å². The number of nitrogens with one attached hydrogen (secondary N) is 2. The van der Waals surface area contributed by atoms with E-state index in [9.17, 15) is 13.2 Å². The van der Waals surface area contributed by atoms with Crippen molar-refractivity contribution in [1.82, 2.24) is 10.0 Å². The van der Waals surface area contributed by atoms with Crippen LogP contribution < -0.4 is 14.8 Å². The molecule has 0 atom stereocenters. The minimum Gasteiger partial charge on any atom is -0.495 e. The lowest BCUT2D eigenvalue weighted by Crippen LogP contribution is -2.20. The van der Waals surface area contributed by atoms with Crippen LogP contribution in [0.25, 0.3) is 6.08 Å². The number of hydrogen-bond acceptors (Lipinski definition) is 5. The molecule has 2 N–H and O–H groups in total. The zero-order valence-corrected chi connectivity index (χ0v) is 15.8. The van der Waals surface area contributed by atoms with Crippen molar-refractivity contribution in [3.8, 4) is 5.75 Å². The average molecular weight is 380 g/mol. The van der Waals surface area contributed by atoms with Crippen LogP contribution in [0, 0.1) is 6.92 Å². The highest BCUT2D eigenvalue weighted by molar-refractivity contribution is 7.89. The minimum absolute atomic E-state index is 0.0225. The molecule has 0 fully saturated rings. The Kier molecular flexibility index (Phi) is 6.35. The molecule has 0 aliphatic rings. The Bertz CT molecular complexity index is 886. The second kappa shape index (κ2) is 8.28. The van der Waals surface area contributed by atoms with Crippen LogP contribution in [0.1, 0.15) is 16.0 Å². The van der Waals surface area contributed by atoms with Gasteiger partial charge in [-0.25, -0.2) is 13.1 Å². The number of benzene rings is 1. The Labute approximate surface area is 151 Å². The number of hydrogen-bond donors (Lipinski definition) is 2. The Hall–Kier alpha value is -2.16. The smallest absolute Gasteiger partial charge is 0.244 e. The summed E-state index contributed by atoms with van der Waals surface area (Å²) >= 11 is 1.59. The van der Waals surface area contributed by atoms with E-state index < -0.39 is 10.0 Å². The number of ether oxygens (including phenoxy) is 1. The summed E-state index contributed by atoms with van der Waals surface area (Å²) in [5.41, 5.74) is 1.73. The van der Waals surface area contributed by atoms with Crippen LogP contribution in [0.15, 0.2) is 40.6 Å². The highest BCUT2D eigenvalue weighted by Gasteiger charge is 2.17. The fraction of sp³-hybridized carbons (Fsp3) is 0.235. The molecule has 0 radical (unpaired) electrons. The Morgan fingerprint density at radius 2 is 2.08 bits per heavy atom. The highest BCUT2D eigenvalue weighted by atomic mass is 32.2. The van der Waals surface area contributed by atoms with Crippen LogP contribution in [0.4, 0.5) is 0 Å². The third-order valence-electron chi connectivity index (χ3n) is 3.56. The first-order chi connectivity index (χ1) is 11.9. The predicted molar refractivity (Wildman–Crippen MR) is 99.2 cm³/mol. The maximum Gasteiger partial charge on any atom is 0.244 e. The van der Waals surface area contributed by atoms with Gasteiger partial charge in [0.15, 0.2) is 0 Å². The van der Waals surface area contributed by atoms with Crippen LogP contribution in [0.2, 0.25) is 0 Å². The van der Waals surface area contributed by atoms with Gasteiger partial charge in [-0.3, -0.25) is 4.79 Å². The van der Waals surface area contributed by atoms with Gasteiger partial charge in [0.05, 0.1) is 13.7 Å². The van der Waals surface area contributed by atoms with E-state index in [0.717, 1.165) is 10.4 Å². The largest absolute Gasteiger partial charge is 0.495 e. The lowest BCUT2D eigenvalue weighted by atomic mass is 10.2. The molecule has 8 heteroatoms. The number of amides is 1. The topological polar surface area (TPSA) is 84.5 Å². The second-order valence-electron chi connectivity index (χ2n) is 5.20. The summed E-state index contributed by atoms with van der Waals surface area (Å²) in [4.78, 5) is 13.1. The van der Waals surface area contributed by atoms with Crippen molar-refractivity contribution in [2.45, 2.75) is 18.4 Å². The van der Waals surface area contributed by atoms with Crippen molar-refractivity contribution in [2.24, 2.45) is 0 Å². The maximum atomic E-state index is 12.0. The third kappa shape index (κ3) is 4.91. The molecule has 0 bridgehead atoms. The Balaban J connectivity index is 2.11. The molecule has 1 heterocycles. The lowest BCUT2D eigenvalue weighted by Gasteiger charge is -2.09. The Morgan fingerprint density at radius 3 is 2.68 bits per heavy atom. The predicted octanol–water partition coefficient (Wildman–Crippen LogP) is 2.30. The molecule has 2 rings (SSSR count). The van der Waals surface area contributed by atoms with Crippen LogP contribution in [0.3, 0.4) is 0 Å². The van der Waals surface area contributed by atoms with E-state index >= 15 is 0 Å².